The molecule has 1 aromatic heterocycles. The van der Waals surface area contributed by atoms with Crippen molar-refractivity contribution < 1.29 is 5.11 Å². The third kappa shape index (κ3) is 1.63. The largest absolute Gasteiger partial charge is 0.392 e. The van der Waals surface area contributed by atoms with Gasteiger partial charge in [-0.05, 0) is 26.7 Å². The second kappa shape index (κ2) is 3.39. The van der Waals surface area contributed by atoms with Gasteiger partial charge in [0.05, 0.1) is 16.8 Å². The first-order chi connectivity index (χ1) is 6.18. The van der Waals surface area contributed by atoms with Gasteiger partial charge >= 0.3 is 0 Å². The Kier molecular flexibility index (Phi) is 2.39. The van der Waals surface area contributed by atoms with Gasteiger partial charge in [0.25, 0.3) is 0 Å². The van der Waals surface area contributed by atoms with Crippen LogP contribution in [0.4, 0.5) is 0 Å². The maximum atomic E-state index is 9.71. The molecule has 0 aliphatic heterocycles. The van der Waals surface area contributed by atoms with Crippen molar-refractivity contribution in [2.45, 2.75) is 45.1 Å². The number of aliphatic hydroxyl groups excluding tert-OH is 1. The highest BCUT2D eigenvalue weighted by Gasteiger charge is 2.29. The molecular weight excluding hydrogens is 182 g/mol. The molecule has 1 aromatic rings. The minimum atomic E-state index is -0.148. The molecule has 0 radical (unpaired) electrons. The summed E-state index contributed by atoms with van der Waals surface area (Å²) in [7, 11) is 0. The molecule has 1 aliphatic carbocycles. The molecule has 2 unspecified atom stereocenters. The molecule has 1 saturated carbocycles. The highest BCUT2D eigenvalue weighted by atomic mass is 32.1. The van der Waals surface area contributed by atoms with Crippen LogP contribution < -0.4 is 0 Å². The van der Waals surface area contributed by atoms with Crippen LogP contribution >= 0.6 is 11.3 Å². The van der Waals surface area contributed by atoms with Gasteiger partial charge in [0.2, 0.25) is 0 Å². The van der Waals surface area contributed by atoms with Crippen LogP contribution in [-0.4, -0.2) is 16.2 Å². The first-order valence-electron chi connectivity index (χ1n) is 4.80. The molecule has 2 atom stereocenters. The average Bonchev–Trinajstić information content (AvgIpc) is 2.60. The molecule has 1 fully saturated rings. The second-order valence-electron chi connectivity index (χ2n) is 3.80. The monoisotopic (exact) mass is 197 g/mol. The van der Waals surface area contributed by atoms with E-state index in [0.717, 1.165) is 30.0 Å². The Hall–Kier alpha value is -0.410. The summed E-state index contributed by atoms with van der Waals surface area (Å²) in [6.45, 7) is 4.13. The maximum Gasteiger partial charge on any atom is 0.0987 e. The van der Waals surface area contributed by atoms with Crippen molar-refractivity contribution in [1.29, 1.82) is 0 Å². The number of aromatic nitrogens is 1. The quantitative estimate of drug-likeness (QED) is 0.750. The fourth-order valence-corrected chi connectivity index (χ4v) is 3.00. The lowest BCUT2D eigenvalue weighted by molar-refractivity contribution is 0.163. The van der Waals surface area contributed by atoms with Crippen LogP contribution in [0.1, 0.15) is 40.8 Å². The highest BCUT2D eigenvalue weighted by Crippen LogP contribution is 2.37. The molecule has 0 amide bonds. The molecule has 2 nitrogen and oxygen atoms in total. The number of nitrogens with zero attached hydrogens (tertiary/aromatic N) is 1. The van der Waals surface area contributed by atoms with Gasteiger partial charge in [-0.1, -0.05) is 6.42 Å². The summed E-state index contributed by atoms with van der Waals surface area (Å²) in [5.41, 5.74) is 1.12. The van der Waals surface area contributed by atoms with E-state index in [2.05, 4.69) is 11.9 Å². The van der Waals surface area contributed by atoms with Crippen LogP contribution in [0.25, 0.3) is 0 Å². The summed E-state index contributed by atoms with van der Waals surface area (Å²) in [6, 6.07) is 0. The molecule has 0 spiro atoms. The van der Waals surface area contributed by atoms with E-state index in [1.807, 2.05) is 6.92 Å². The van der Waals surface area contributed by atoms with Gasteiger partial charge in [-0.15, -0.1) is 11.3 Å². The zero-order chi connectivity index (χ0) is 9.42. The molecule has 0 saturated heterocycles. The van der Waals surface area contributed by atoms with E-state index < -0.39 is 0 Å². The molecule has 1 N–H and O–H groups in total. The Bertz CT molecular complexity index is 288. The fourth-order valence-electron chi connectivity index (χ4n) is 1.88. The van der Waals surface area contributed by atoms with Crippen LogP contribution in [0.3, 0.4) is 0 Å². The van der Waals surface area contributed by atoms with E-state index in [4.69, 9.17) is 0 Å². The standard InChI is InChI=1S/C10H15NOS/c1-6-7(2)13-10(11-6)8-4-3-5-9(8)12/h8-9,12H,3-5H2,1-2H3. The SMILES string of the molecule is Cc1nc(C2CCCC2O)sc1C. The Labute approximate surface area is 82.6 Å². The number of rotatable bonds is 1. The van der Waals surface area contributed by atoms with Gasteiger partial charge in [-0.2, -0.15) is 0 Å². The normalized spacial score (nSPS) is 28.2. The lowest BCUT2D eigenvalue weighted by Gasteiger charge is -2.09. The maximum absolute atomic E-state index is 9.71. The number of thiazole rings is 1. The van der Waals surface area contributed by atoms with Gasteiger partial charge in [-0.3, -0.25) is 0 Å². The van der Waals surface area contributed by atoms with Crippen LogP contribution in [0.15, 0.2) is 0 Å². The molecule has 2 rings (SSSR count). The molecule has 13 heavy (non-hydrogen) atoms. The van der Waals surface area contributed by atoms with Gasteiger partial charge < -0.3 is 5.11 Å². The Morgan fingerprint density at radius 3 is 2.62 bits per heavy atom. The highest BCUT2D eigenvalue weighted by molar-refractivity contribution is 7.11. The molecular formula is C10H15NOS. The Morgan fingerprint density at radius 1 is 1.38 bits per heavy atom. The topological polar surface area (TPSA) is 33.1 Å². The van der Waals surface area contributed by atoms with E-state index in [1.165, 1.54) is 4.88 Å². The summed E-state index contributed by atoms with van der Waals surface area (Å²) < 4.78 is 0. The number of aryl methyl sites for hydroxylation is 2. The summed E-state index contributed by atoms with van der Waals surface area (Å²) in [5.74, 6) is 0.317. The second-order valence-corrected chi connectivity index (χ2v) is 5.03. The summed E-state index contributed by atoms with van der Waals surface area (Å²) in [5, 5.41) is 10.8. The molecule has 72 valence electrons. The lowest BCUT2D eigenvalue weighted by Crippen LogP contribution is -2.10. The molecule has 1 aliphatic rings. The van der Waals surface area contributed by atoms with E-state index in [0.29, 0.717) is 5.92 Å². The summed E-state index contributed by atoms with van der Waals surface area (Å²) >= 11 is 1.74. The molecule has 0 aromatic carbocycles. The number of hydrogen-bond donors (Lipinski definition) is 1. The first-order valence-corrected chi connectivity index (χ1v) is 5.62. The van der Waals surface area contributed by atoms with E-state index in [9.17, 15) is 5.11 Å². The van der Waals surface area contributed by atoms with Crippen LogP contribution in [0, 0.1) is 13.8 Å². The Morgan fingerprint density at radius 2 is 2.15 bits per heavy atom. The predicted molar refractivity (Wildman–Crippen MR) is 54.2 cm³/mol. The van der Waals surface area contributed by atoms with Gasteiger partial charge in [0.1, 0.15) is 0 Å². The first kappa shape index (κ1) is 9.16. The van der Waals surface area contributed by atoms with Crippen molar-refractivity contribution in [3.8, 4) is 0 Å². The van der Waals surface area contributed by atoms with Crippen LogP contribution in [0.5, 0.6) is 0 Å². The van der Waals surface area contributed by atoms with Gasteiger partial charge in [0.15, 0.2) is 0 Å². The third-order valence-corrected chi connectivity index (χ3v) is 4.05. The van der Waals surface area contributed by atoms with Crippen molar-refractivity contribution in [1.82, 2.24) is 4.98 Å². The van der Waals surface area contributed by atoms with Gasteiger partial charge in [0, 0.05) is 10.8 Å². The van der Waals surface area contributed by atoms with Crippen molar-refractivity contribution >= 4 is 11.3 Å². The van der Waals surface area contributed by atoms with E-state index >= 15 is 0 Å². The lowest BCUT2D eigenvalue weighted by atomic mass is 10.1. The number of aliphatic hydroxyl groups is 1. The Balaban J connectivity index is 2.24. The molecule has 3 heteroatoms. The third-order valence-electron chi connectivity index (χ3n) is 2.84. The number of hydrogen-bond acceptors (Lipinski definition) is 3. The van der Waals surface area contributed by atoms with Crippen molar-refractivity contribution in [3.05, 3.63) is 15.6 Å². The molecule has 1 heterocycles. The predicted octanol–water partition coefficient (Wildman–Crippen LogP) is 2.39. The van der Waals surface area contributed by atoms with E-state index in [1.54, 1.807) is 11.3 Å². The van der Waals surface area contributed by atoms with Crippen LogP contribution in [-0.2, 0) is 0 Å². The van der Waals surface area contributed by atoms with E-state index in [-0.39, 0.29) is 6.10 Å². The summed E-state index contributed by atoms with van der Waals surface area (Å²) in [4.78, 5) is 5.79. The van der Waals surface area contributed by atoms with Crippen molar-refractivity contribution in [2.75, 3.05) is 0 Å². The molecule has 0 bridgehead atoms. The van der Waals surface area contributed by atoms with Crippen molar-refractivity contribution in [2.24, 2.45) is 0 Å². The van der Waals surface area contributed by atoms with Crippen molar-refractivity contribution in [3.63, 3.8) is 0 Å². The van der Waals surface area contributed by atoms with Crippen LogP contribution in [0.2, 0.25) is 0 Å². The zero-order valence-electron chi connectivity index (χ0n) is 8.08. The fraction of sp³-hybridized carbons (Fsp3) is 0.700. The summed E-state index contributed by atoms with van der Waals surface area (Å²) in [6.07, 6.45) is 3.05. The minimum absolute atomic E-state index is 0.148. The zero-order valence-corrected chi connectivity index (χ0v) is 8.90. The smallest absolute Gasteiger partial charge is 0.0987 e. The van der Waals surface area contributed by atoms with Gasteiger partial charge in [-0.25, -0.2) is 4.98 Å². The minimum Gasteiger partial charge on any atom is -0.392 e. The average molecular weight is 197 g/mol.